The minimum Gasteiger partial charge on any atom is -0.327 e. The Balaban J connectivity index is 2.39. The fourth-order valence-electron chi connectivity index (χ4n) is 1.97. The fourth-order valence-corrected chi connectivity index (χ4v) is 1.97. The zero-order chi connectivity index (χ0) is 9.26. The third-order valence-electron chi connectivity index (χ3n) is 2.68. The molecule has 0 aliphatic heterocycles. The van der Waals surface area contributed by atoms with E-state index in [0.717, 1.165) is 24.9 Å². The minimum absolute atomic E-state index is 0.320. The topological polar surface area (TPSA) is 64.1 Å². The molecule has 1 aliphatic rings. The van der Waals surface area contributed by atoms with Crippen molar-refractivity contribution in [2.75, 3.05) is 5.43 Å². The number of rotatable bonds is 1. The Morgan fingerprint density at radius 3 is 3.00 bits per heavy atom. The Morgan fingerprint density at radius 1 is 1.38 bits per heavy atom. The van der Waals surface area contributed by atoms with Crippen LogP contribution < -0.4 is 17.0 Å². The predicted octanol–water partition coefficient (Wildman–Crippen LogP) is 0.788. The van der Waals surface area contributed by atoms with Crippen molar-refractivity contribution in [1.82, 2.24) is 0 Å². The first-order valence-corrected chi connectivity index (χ1v) is 4.64. The van der Waals surface area contributed by atoms with Gasteiger partial charge in [0.2, 0.25) is 0 Å². The van der Waals surface area contributed by atoms with Crippen LogP contribution in [0.5, 0.6) is 0 Å². The SMILES string of the molecule is NNc1cccc2c1CC[C@@H](N)C2. The summed E-state index contributed by atoms with van der Waals surface area (Å²) in [7, 11) is 0. The number of hydrogen-bond acceptors (Lipinski definition) is 3. The third-order valence-corrected chi connectivity index (χ3v) is 2.68. The monoisotopic (exact) mass is 177 g/mol. The van der Waals surface area contributed by atoms with E-state index in [2.05, 4.69) is 11.5 Å². The van der Waals surface area contributed by atoms with E-state index in [9.17, 15) is 0 Å². The van der Waals surface area contributed by atoms with Gasteiger partial charge in [-0.15, -0.1) is 0 Å². The number of fused-ring (bicyclic) bond motifs is 1. The highest BCUT2D eigenvalue weighted by Gasteiger charge is 2.17. The zero-order valence-corrected chi connectivity index (χ0v) is 7.59. The summed E-state index contributed by atoms with van der Waals surface area (Å²) in [6.07, 6.45) is 3.08. The van der Waals surface area contributed by atoms with E-state index in [0.29, 0.717) is 6.04 Å². The molecule has 0 radical (unpaired) electrons. The molecule has 70 valence electrons. The molecule has 2 rings (SSSR count). The summed E-state index contributed by atoms with van der Waals surface area (Å²) >= 11 is 0. The molecule has 0 heterocycles. The van der Waals surface area contributed by atoms with E-state index in [1.807, 2.05) is 12.1 Å². The molecule has 0 fully saturated rings. The van der Waals surface area contributed by atoms with Crippen LogP contribution in [0.15, 0.2) is 18.2 Å². The normalized spacial score (nSPS) is 20.9. The van der Waals surface area contributed by atoms with Crippen molar-refractivity contribution in [1.29, 1.82) is 0 Å². The van der Waals surface area contributed by atoms with Gasteiger partial charge < -0.3 is 11.2 Å². The highest BCUT2D eigenvalue weighted by Crippen LogP contribution is 2.26. The van der Waals surface area contributed by atoms with E-state index in [-0.39, 0.29) is 0 Å². The van der Waals surface area contributed by atoms with Gasteiger partial charge in [-0.2, -0.15) is 0 Å². The molecule has 3 nitrogen and oxygen atoms in total. The summed E-state index contributed by atoms with van der Waals surface area (Å²) in [5, 5.41) is 0. The lowest BCUT2D eigenvalue weighted by Gasteiger charge is -2.23. The summed E-state index contributed by atoms with van der Waals surface area (Å²) in [6.45, 7) is 0. The number of benzene rings is 1. The van der Waals surface area contributed by atoms with Gasteiger partial charge in [-0.1, -0.05) is 12.1 Å². The predicted molar refractivity (Wildman–Crippen MR) is 54.3 cm³/mol. The molecule has 3 heteroatoms. The van der Waals surface area contributed by atoms with Crippen LogP contribution in [-0.2, 0) is 12.8 Å². The number of hydrogen-bond donors (Lipinski definition) is 3. The maximum atomic E-state index is 5.89. The van der Waals surface area contributed by atoms with E-state index < -0.39 is 0 Å². The Hall–Kier alpha value is -1.06. The smallest absolute Gasteiger partial charge is 0.0519 e. The van der Waals surface area contributed by atoms with E-state index in [1.54, 1.807) is 0 Å². The van der Waals surface area contributed by atoms with Crippen LogP contribution >= 0.6 is 0 Å². The molecule has 0 unspecified atom stereocenters. The Kier molecular flexibility index (Phi) is 2.20. The fraction of sp³-hybridized carbons (Fsp3) is 0.400. The van der Waals surface area contributed by atoms with Crippen LogP contribution in [-0.4, -0.2) is 6.04 Å². The van der Waals surface area contributed by atoms with Gasteiger partial charge in [-0.05, 0) is 36.5 Å². The van der Waals surface area contributed by atoms with Gasteiger partial charge in [-0.25, -0.2) is 0 Å². The number of nitrogens with two attached hydrogens (primary N) is 2. The Labute approximate surface area is 78.1 Å². The van der Waals surface area contributed by atoms with Crippen molar-refractivity contribution < 1.29 is 0 Å². The van der Waals surface area contributed by atoms with E-state index in [4.69, 9.17) is 11.6 Å². The molecule has 0 spiro atoms. The lowest BCUT2D eigenvalue weighted by molar-refractivity contribution is 0.577. The molecule has 1 atom stereocenters. The molecule has 1 aliphatic carbocycles. The largest absolute Gasteiger partial charge is 0.327 e. The highest BCUT2D eigenvalue weighted by atomic mass is 15.2. The van der Waals surface area contributed by atoms with Crippen molar-refractivity contribution in [2.24, 2.45) is 11.6 Å². The van der Waals surface area contributed by atoms with Crippen molar-refractivity contribution in [2.45, 2.75) is 25.3 Å². The molecule has 0 saturated heterocycles. The summed E-state index contributed by atoms with van der Waals surface area (Å²) in [5.41, 5.74) is 12.3. The average molecular weight is 177 g/mol. The van der Waals surface area contributed by atoms with Crippen LogP contribution in [0.1, 0.15) is 17.5 Å². The van der Waals surface area contributed by atoms with E-state index >= 15 is 0 Å². The first kappa shape index (κ1) is 8.53. The molecule has 13 heavy (non-hydrogen) atoms. The van der Waals surface area contributed by atoms with Gasteiger partial charge in [0.1, 0.15) is 0 Å². The first-order valence-electron chi connectivity index (χ1n) is 4.64. The quantitative estimate of drug-likeness (QED) is 0.439. The van der Waals surface area contributed by atoms with Gasteiger partial charge >= 0.3 is 0 Å². The van der Waals surface area contributed by atoms with Crippen LogP contribution in [0, 0.1) is 0 Å². The summed E-state index contributed by atoms with van der Waals surface area (Å²) in [5.74, 6) is 5.43. The zero-order valence-electron chi connectivity index (χ0n) is 7.59. The lowest BCUT2D eigenvalue weighted by atomic mass is 9.88. The molecule has 0 aromatic heterocycles. The molecule has 0 amide bonds. The number of hydrazine groups is 1. The number of nitrogen functional groups attached to an aromatic ring is 1. The Morgan fingerprint density at radius 2 is 2.23 bits per heavy atom. The van der Waals surface area contributed by atoms with Crippen molar-refractivity contribution >= 4 is 5.69 Å². The minimum atomic E-state index is 0.320. The summed E-state index contributed by atoms with van der Waals surface area (Å²) in [4.78, 5) is 0. The third kappa shape index (κ3) is 1.53. The van der Waals surface area contributed by atoms with Crippen molar-refractivity contribution in [3.63, 3.8) is 0 Å². The maximum Gasteiger partial charge on any atom is 0.0519 e. The molecule has 1 aromatic rings. The highest BCUT2D eigenvalue weighted by molar-refractivity contribution is 5.55. The number of nitrogens with one attached hydrogen (secondary N) is 1. The van der Waals surface area contributed by atoms with Crippen molar-refractivity contribution in [3.8, 4) is 0 Å². The molecule has 1 aromatic carbocycles. The second-order valence-corrected chi connectivity index (χ2v) is 3.59. The van der Waals surface area contributed by atoms with Crippen LogP contribution in [0.4, 0.5) is 5.69 Å². The van der Waals surface area contributed by atoms with Crippen LogP contribution in [0.3, 0.4) is 0 Å². The standard InChI is InChI=1S/C10H15N3/c11-8-4-5-9-7(6-8)2-1-3-10(9)13-12/h1-3,8,13H,4-6,11-12H2/t8-/m1/s1. The Bertz CT molecular complexity index is 309. The maximum absolute atomic E-state index is 5.89. The van der Waals surface area contributed by atoms with Crippen LogP contribution in [0.25, 0.3) is 0 Å². The van der Waals surface area contributed by atoms with Gasteiger partial charge in [-0.3, -0.25) is 5.84 Å². The number of anilines is 1. The van der Waals surface area contributed by atoms with Gasteiger partial charge in [0.15, 0.2) is 0 Å². The molecule has 5 N–H and O–H groups in total. The summed E-state index contributed by atoms with van der Waals surface area (Å²) in [6, 6.07) is 6.48. The lowest BCUT2D eigenvalue weighted by Crippen LogP contribution is -2.28. The van der Waals surface area contributed by atoms with Crippen LogP contribution in [0.2, 0.25) is 0 Å². The van der Waals surface area contributed by atoms with E-state index in [1.165, 1.54) is 11.1 Å². The molecule has 0 saturated carbocycles. The van der Waals surface area contributed by atoms with Gasteiger partial charge in [0.25, 0.3) is 0 Å². The molecular formula is C10H15N3. The summed E-state index contributed by atoms with van der Waals surface area (Å²) < 4.78 is 0. The molecular weight excluding hydrogens is 162 g/mol. The first-order chi connectivity index (χ1) is 6.31. The molecule has 0 bridgehead atoms. The van der Waals surface area contributed by atoms with Gasteiger partial charge in [0, 0.05) is 6.04 Å². The average Bonchev–Trinajstić information content (AvgIpc) is 2.16. The van der Waals surface area contributed by atoms with Gasteiger partial charge in [0.05, 0.1) is 5.69 Å². The second kappa shape index (κ2) is 3.36. The van der Waals surface area contributed by atoms with Crippen molar-refractivity contribution in [3.05, 3.63) is 29.3 Å². The second-order valence-electron chi connectivity index (χ2n) is 3.59.